The Kier molecular flexibility index (Phi) is 7.78. The molecular formula is C33H37FO6. The molecule has 0 spiro atoms. The zero-order valence-electron chi connectivity index (χ0n) is 23.8. The van der Waals surface area contributed by atoms with Gasteiger partial charge in [0.05, 0.1) is 32.3 Å². The largest absolute Gasteiger partial charge is 0.493 e. The van der Waals surface area contributed by atoms with Gasteiger partial charge >= 0.3 is 5.97 Å². The van der Waals surface area contributed by atoms with E-state index in [1.54, 1.807) is 13.8 Å². The summed E-state index contributed by atoms with van der Waals surface area (Å²) in [4.78, 5) is 11.7. The third-order valence-electron chi connectivity index (χ3n) is 7.82. The summed E-state index contributed by atoms with van der Waals surface area (Å²) in [5.41, 5.74) is 5.95. The van der Waals surface area contributed by atoms with Gasteiger partial charge in [0.25, 0.3) is 0 Å². The number of halogens is 1. The standard InChI is InChI=1S/C33H37FO6/c1-19-14-23(38-13-12-33(3,4)36)15-20(2)31(19)25-8-10-27(34)32-26(25)9-11-28(32)40-22-6-7-24-21(16-30(35)37-5)18-39-29(24)17-22/h6-8,10,14-15,17,21,28,36H,9,11-13,16,18H2,1-5H3/t21-,28?/m1/s1. The Bertz CT molecular complexity index is 1400. The number of carbonyl (C=O) groups excluding carboxylic acids is 1. The number of carbonyl (C=O) groups is 1. The first-order valence-electron chi connectivity index (χ1n) is 13.8. The Balaban J connectivity index is 1.37. The van der Waals surface area contributed by atoms with Gasteiger partial charge in [-0.3, -0.25) is 4.79 Å². The van der Waals surface area contributed by atoms with Crippen molar-refractivity contribution in [3.05, 3.63) is 76.1 Å². The van der Waals surface area contributed by atoms with Gasteiger partial charge in [0.15, 0.2) is 0 Å². The maximum atomic E-state index is 15.3. The molecule has 1 N–H and O–H groups in total. The summed E-state index contributed by atoms with van der Waals surface area (Å²) < 4.78 is 38.2. The fraction of sp³-hybridized carbons (Fsp3) is 0.424. The van der Waals surface area contributed by atoms with Crippen LogP contribution < -0.4 is 14.2 Å². The minimum absolute atomic E-state index is 0.0477. The van der Waals surface area contributed by atoms with E-state index in [-0.39, 0.29) is 24.1 Å². The molecule has 0 radical (unpaired) electrons. The Morgan fingerprint density at radius 1 is 1.10 bits per heavy atom. The third kappa shape index (κ3) is 5.80. The van der Waals surface area contributed by atoms with E-state index in [2.05, 4.69) is 0 Å². The zero-order chi connectivity index (χ0) is 28.6. The predicted octanol–water partition coefficient (Wildman–Crippen LogP) is 6.75. The van der Waals surface area contributed by atoms with E-state index >= 15 is 4.39 Å². The summed E-state index contributed by atoms with van der Waals surface area (Å²) in [7, 11) is 1.38. The summed E-state index contributed by atoms with van der Waals surface area (Å²) in [5, 5.41) is 9.97. The highest BCUT2D eigenvalue weighted by atomic mass is 19.1. The van der Waals surface area contributed by atoms with E-state index in [1.165, 1.54) is 13.2 Å². The van der Waals surface area contributed by atoms with Gasteiger partial charge in [0, 0.05) is 29.5 Å². The average Bonchev–Trinajstić information content (AvgIpc) is 3.49. The molecule has 1 unspecified atom stereocenters. The first kappa shape index (κ1) is 28.0. The minimum atomic E-state index is -0.781. The summed E-state index contributed by atoms with van der Waals surface area (Å²) in [6.45, 7) is 8.46. The Morgan fingerprint density at radius 2 is 1.85 bits per heavy atom. The van der Waals surface area contributed by atoms with Gasteiger partial charge in [0.2, 0.25) is 0 Å². The Labute approximate surface area is 235 Å². The van der Waals surface area contributed by atoms with Crippen molar-refractivity contribution in [2.45, 2.75) is 71.0 Å². The van der Waals surface area contributed by atoms with Crippen molar-refractivity contribution in [1.82, 2.24) is 0 Å². The van der Waals surface area contributed by atoms with Crippen LogP contribution >= 0.6 is 0 Å². The van der Waals surface area contributed by atoms with Gasteiger partial charge in [-0.15, -0.1) is 0 Å². The van der Waals surface area contributed by atoms with E-state index in [9.17, 15) is 9.90 Å². The first-order valence-corrected chi connectivity index (χ1v) is 13.8. The molecule has 3 aromatic carbocycles. The number of methoxy groups -OCH3 is 1. The summed E-state index contributed by atoms with van der Waals surface area (Å²) in [6, 6.07) is 13.0. The van der Waals surface area contributed by atoms with E-state index in [1.807, 2.05) is 50.2 Å². The van der Waals surface area contributed by atoms with Gasteiger partial charge in [-0.05, 0) is 92.6 Å². The van der Waals surface area contributed by atoms with Crippen LogP contribution in [0.2, 0.25) is 0 Å². The lowest BCUT2D eigenvalue weighted by Crippen LogP contribution is -2.21. The number of rotatable bonds is 9. The fourth-order valence-electron chi connectivity index (χ4n) is 5.82. The van der Waals surface area contributed by atoms with Crippen molar-refractivity contribution >= 4 is 5.97 Å². The molecule has 2 atom stereocenters. The molecule has 3 aromatic rings. The van der Waals surface area contributed by atoms with Crippen LogP contribution in [0.1, 0.15) is 72.9 Å². The molecule has 1 aliphatic carbocycles. The minimum Gasteiger partial charge on any atom is -0.493 e. The second kappa shape index (κ2) is 11.1. The van der Waals surface area contributed by atoms with Crippen LogP contribution in [0.3, 0.4) is 0 Å². The quantitative estimate of drug-likeness (QED) is 0.298. The number of fused-ring (bicyclic) bond motifs is 2. The van der Waals surface area contributed by atoms with Crippen LogP contribution in [0.5, 0.6) is 17.2 Å². The molecule has 1 heterocycles. The van der Waals surface area contributed by atoms with Crippen LogP contribution in [0.15, 0.2) is 42.5 Å². The summed E-state index contributed by atoms with van der Waals surface area (Å²) in [6.07, 6.45) is 1.76. The average molecular weight is 549 g/mol. The third-order valence-corrected chi connectivity index (χ3v) is 7.82. The molecule has 6 nitrogen and oxygen atoms in total. The van der Waals surface area contributed by atoms with Gasteiger partial charge in [-0.1, -0.05) is 12.1 Å². The fourth-order valence-corrected chi connectivity index (χ4v) is 5.82. The van der Waals surface area contributed by atoms with E-state index in [0.29, 0.717) is 49.5 Å². The number of hydrogen-bond donors (Lipinski definition) is 1. The zero-order valence-corrected chi connectivity index (χ0v) is 23.8. The van der Waals surface area contributed by atoms with Gasteiger partial charge in [-0.2, -0.15) is 0 Å². The smallest absolute Gasteiger partial charge is 0.306 e. The van der Waals surface area contributed by atoms with Crippen molar-refractivity contribution in [1.29, 1.82) is 0 Å². The molecule has 0 fully saturated rings. The van der Waals surface area contributed by atoms with Crippen molar-refractivity contribution in [2.75, 3.05) is 20.3 Å². The number of aliphatic hydroxyl groups is 1. The highest BCUT2D eigenvalue weighted by Gasteiger charge is 2.32. The van der Waals surface area contributed by atoms with Crippen molar-refractivity contribution in [3.63, 3.8) is 0 Å². The number of ether oxygens (including phenoxy) is 4. The van der Waals surface area contributed by atoms with Crippen LogP contribution in [-0.4, -0.2) is 37.0 Å². The lowest BCUT2D eigenvalue weighted by atomic mass is 9.90. The van der Waals surface area contributed by atoms with Crippen molar-refractivity contribution in [2.24, 2.45) is 0 Å². The number of esters is 1. The highest BCUT2D eigenvalue weighted by molar-refractivity contribution is 5.76. The maximum absolute atomic E-state index is 15.3. The molecule has 0 saturated carbocycles. The molecule has 2 aliphatic rings. The normalized spacial score (nSPS) is 17.7. The second-order valence-corrected chi connectivity index (χ2v) is 11.5. The predicted molar refractivity (Wildman–Crippen MR) is 151 cm³/mol. The lowest BCUT2D eigenvalue weighted by molar-refractivity contribution is -0.141. The highest BCUT2D eigenvalue weighted by Crippen LogP contribution is 2.45. The SMILES string of the molecule is COC(=O)C[C@@H]1COc2cc(OC3CCc4c(-c5c(C)cc(OCCC(C)(C)O)cc5C)ccc(F)c43)ccc21. The molecule has 1 aliphatic heterocycles. The Hall–Kier alpha value is -3.58. The second-order valence-electron chi connectivity index (χ2n) is 11.5. The Morgan fingerprint density at radius 3 is 2.55 bits per heavy atom. The molecule has 0 amide bonds. The molecule has 5 rings (SSSR count). The first-order chi connectivity index (χ1) is 19.0. The summed E-state index contributed by atoms with van der Waals surface area (Å²) in [5.74, 6) is 1.48. The van der Waals surface area contributed by atoms with E-state index in [0.717, 1.165) is 39.1 Å². The van der Waals surface area contributed by atoms with Crippen molar-refractivity contribution < 1.29 is 33.2 Å². The monoisotopic (exact) mass is 548 g/mol. The molecule has 40 heavy (non-hydrogen) atoms. The van der Waals surface area contributed by atoms with Crippen LogP contribution in [0.4, 0.5) is 4.39 Å². The number of aryl methyl sites for hydroxylation is 2. The van der Waals surface area contributed by atoms with Crippen LogP contribution in [0.25, 0.3) is 11.1 Å². The van der Waals surface area contributed by atoms with Crippen LogP contribution in [-0.2, 0) is 16.0 Å². The van der Waals surface area contributed by atoms with Gasteiger partial charge < -0.3 is 24.1 Å². The molecule has 0 aromatic heterocycles. The molecule has 0 bridgehead atoms. The van der Waals surface area contributed by atoms with E-state index < -0.39 is 11.7 Å². The lowest BCUT2D eigenvalue weighted by Gasteiger charge is -2.20. The molecule has 212 valence electrons. The van der Waals surface area contributed by atoms with Crippen LogP contribution in [0, 0.1) is 19.7 Å². The summed E-state index contributed by atoms with van der Waals surface area (Å²) >= 11 is 0. The number of hydrogen-bond acceptors (Lipinski definition) is 6. The maximum Gasteiger partial charge on any atom is 0.306 e. The topological polar surface area (TPSA) is 74.2 Å². The van der Waals surface area contributed by atoms with Gasteiger partial charge in [-0.25, -0.2) is 4.39 Å². The number of benzene rings is 3. The molecule has 0 saturated heterocycles. The van der Waals surface area contributed by atoms with E-state index in [4.69, 9.17) is 18.9 Å². The molecule has 7 heteroatoms. The molecular weight excluding hydrogens is 511 g/mol. The van der Waals surface area contributed by atoms with Crippen molar-refractivity contribution in [3.8, 4) is 28.4 Å². The van der Waals surface area contributed by atoms with Gasteiger partial charge in [0.1, 0.15) is 29.2 Å².